The van der Waals surface area contributed by atoms with Gasteiger partial charge in [0.2, 0.25) is 0 Å². The Morgan fingerprint density at radius 2 is 2.14 bits per heavy atom. The van der Waals surface area contributed by atoms with Crippen LogP contribution in [-0.4, -0.2) is 14.2 Å². The molecule has 1 aromatic carbocycles. The molecular weight excluding hydrogens is 271 g/mol. The molecule has 3 aromatic rings. The van der Waals surface area contributed by atoms with Gasteiger partial charge in [-0.3, -0.25) is 4.79 Å². The maximum Gasteiger partial charge on any atom is 0.276 e. The number of aromatic nitrogens is 3. The minimum absolute atomic E-state index is 0.0261. The maximum absolute atomic E-state index is 13.3. The standard InChI is InChI=1S/C15H11FN4O/c1-10-6-14-15(21)19(4-5-20(14)18-10)9-11-2-3-13(16)12(7-11)8-17/h2-7H,9H2,1H3. The Bertz CT molecular complexity index is 933. The first-order valence-electron chi connectivity index (χ1n) is 6.32. The van der Waals surface area contributed by atoms with Gasteiger partial charge in [-0.05, 0) is 30.7 Å². The van der Waals surface area contributed by atoms with Crippen LogP contribution in [0.4, 0.5) is 4.39 Å². The summed E-state index contributed by atoms with van der Waals surface area (Å²) in [5.41, 5.74) is 1.73. The lowest BCUT2D eigenvalue weighted by molar-refractivity contribution is 0.622. The van der Waals surface area contributed by atoms with Crippen LogP contribution in [0.25, 0.3) is 5.52 Å². The van der Waals surface area contributed by atoms with Gasteiger partial charge in [-0.1, -0.05) is 6.07 Å². The Morgan fingerprint density at radius 1 is 1.33 bits per heavy atom. The van der Waals surface area contributed by atoms with Gasteiger partial charge in [0.25, 0.3) is 5.56 Å². The molecule has 2 aromatic heterocycles. The van der Waals surface area contributed by atoms with Crippen molar-refractivity contribution in [3.05, 3.63) is 69.7 Å². The summed E-state index contributed by atoms with van der Waals surface area (Å²) < 4.78 is 16.3. The summed E-state index contributed by atoms with van der Waals surface area (Å²) in [4.78, 5) is 12.3. The van der Waals surface area contributed by atoms with E-state index in [4.69, 9.17) is 5.26 Å². The Kier molecular flexibility index (Phi) is 3.03. The number of nitriles is 1. The highest BCUT2D eigenvalue weighted by molar-refractivity contribution is 5.45. The van der Waals surface area contributed by atoms with Gasteiger partial charge < -0.3 is 4.57 Å². The largest absolute Gasteiger partial charge is 0.308 e. The molecule has 0 amide bonds. The van der Waals surface area contributed by atoms with Crippen molar-refractivity contribution >= 4 is 5.52 Å². The number of fused-ring (bicyclic) bond motifs is 1. The van der Waals surface area contributed by atoms with E-state index < -0.39 is 5.82 Å². The summed E-state index contributed by atoms with van der Waals surface area (Å²) in [5.74, 6) is -0.560. The molecule has 0 unspecified atom stereocenters. The van der Waals surface area contributed by atoms with Crippen LogP contribution in [0.5, 0.6) is 0 Å². The van der Waals surface area contributed by atoms with Gasteiger partial charge in [-0.15, -0.1) is 0 Å². The Hall–Kier alpha value is -2.94. The number of aryl methyl sites for hydroxylation is 1. The van der Waals surface area contributed by atoms with Crippen molar-refractivity contribution in [1.29, 1.82) is 5.26 Å². The number of benzene rings is 1. The Morgan fingerprint density at radius 3 is 2.90 bits per heavy atom. The summed E-state index contributed by atoms with van der Waals surface area (Å²) in [6.45, 7) is 2.09. The van der Waals surface area contributed by atoms with Crippen molar-refractivity contribution < 1.29 is 4.39 Å². The summed E-state index contributed by atoms with van der Waals surface area (Å²) >= 11 is 0. The molecule has 0 saturated carbocycles. The molecule has 0 saturated heterocycles. The quantitative estimate of drug-likeness (QED) is 0.720. The van der Waals surface area contributed by atoms with E-state index in [1.807, 2.05) is 6.92 Å². The Balaban J connectivity index is 2.04. The fraction of sp³-hybridized carbons (Fsp3) is 0.133. The van der Waals surface area contributed by atoms with Crippen LogP contribution in [0.15, 0.2) is 41.5 Å². The van der Waals surface area contributed by atoms with Gasteiger partial charge in [0, 0.05) is 12.4 Å². The Labute approximate surface area is 119 Å². The third kappa shape index (κ3) is 2.30. The number of rotatable bonds is 2. The first kappa shape index (κ1) is 13.1. The van der Waals surface area contributed by atoms with Crippen LogP contribution in [0.3, 0.4) is 0 Å². The third-order valence-electron chi connectivity index (χ3n) is 3.23. The normalized spacial score (nSPS) is 10.7. The molecule has 0 spiro atoms. The highest BCUT2D eigenvalue weighted by Gasteiger charge is 2.07. The van der Waals surface area contributed by atoms with E-state index in [2.05, 4.69) is 5.10 Å². The van der Waals surface area contributed by atoms with Crippen molar-refractivity contribution in [3.63, 3.8) is 0 Å². The fourth-order valence-corrected chi connectivity index (χ4v) is 2.23. The molecule has 5 nitrogen and oxygen atoms in total. The second-order valence-electron chi connectivity index (χ2n) is 4.77. The second kappa shape index (κ2) is 4.87. The van der Waals surface area contributed by atoms with Gasteiger partial charge in [0.1, 0.15) is 17.4 Å². The summed E-state index contributed by atoms with van der Waals surface area (Å²) in [5, 5.41) is 13.0. The zero-order chi connectivity index (χ0) is 15.0. The lowest BCUT2D eigenvalue weighted by atomic mass is 10.1. The lowest BCUT2D eigenvalue weighted by Crippen LogP contribution is -2.21. The van der Waals surface area contributed by atoms with E-state index in [1.54, 1.807) is 30.6 Å². The van der Waals surface area contributed by atoms with Crippen LogP contribution in [0.2, 0.25) is 0 Å². The monoisotopic (exact) mass is 282 g/mol. The molecule has 0 atom stereocenters. The van der Waals surface area contributed by atoms with Crippen LogP contribution in [0, 0.1) is 24.1 Å². The minimum atomic E-state index is -0.560. The molecule has 0 aliphatic rings. The predicted molar refractivity (Wildman–Crippen MR) is 74.4 cm³/mol. The number of nitrogens with zero attached hydrogens (tertiary/aromatic N) is 4. The zero-order valence-corrected chi connectivity index (χ0v) is 11.2. The van der Waals surface area contributed by atoms with E-state index in [-0.39, 0.29) is 17.7 Å². The number of hydrogen-bond donors (Lipinski definition) is 0. The van der Waals surface area contributed by atoms with Gasteiger partial charge in [0.05, 0.1) is 17.8 Å². The first-order valence-corrected chi connectivity index (χ1v) is 6.32. The van der Waals surface area contributed by atoms with Crippen molar-refractivity contribution in [2.75, 3.05) is 0 Å². The summed E-state index contributed by atoms with van der Waals surface area (Å²) in [7, 11) is 0. The van der Waals surface area contributed by atoms with E-state index in [9.17, 15) is 9.18 Å². The molecule has 0 bridgehead atoms. The van der Waals surface area contributed by atoms with E-state index >= 15 is 0 Å². The van der Waals surface area contributed by atoms with Crippen LogP contribution in [-0.2, 0) is 6.54 Å². The third-order valence-corrected chi connectivity index (χ3v) is 3.23. The molecule has 0 fully saturated rings. The fourth-order valence-electron chi connectivity index (χ4n) is 2.23. The van der Waals surface area contributed by atoms with Gasteiger partial charge in [-0.25, -0.2) is 8.91 Å². The molecule has 2 heterocycles. The molecule has 0 aliphatic heterocycles. The van der Waals surface area contributed by atoms with Crippen molar-refractivity contribution in [3.8, 4) is 6.07 Å². The van der Waals surface area contributed by atoms with Crippen LogP contribution < -0.4 is 5.56 Å². The number of halogens is 1. The van der Waals surface area contributed by atoms with E-state index in [1.165, 1.54) is 21.2 Å². The van der Waals surface area contributed by atoms with Crippen LogP contribution >= 0.6 is 0 Å². The number of hydrogen-bond acceptors (Lipinski definition) is 3. The topological polar surface area (TPSA) is 63.1 Å². The molecule has 0 N–H and O–H groups in total. The smallest absolute Gasteiger partial charge is 0.276 e. The predicted octanol–water partition coefficient (Wildman–Crippen LogP) is 1.86. The zero-order valence-electron chi connectivity index (χ0n) is 11.2. The minimum Gasteiger partial charge on any atom is -0.308 e. The van der Waals surface area contributed by atoms with Crippen molar-refractivity contribution in [1.82, 2.24) is 14.2 Å². The van der Waals surface area contributed by atoms with Gasteiger partial charge in [0.15, 0.2) is 0 Å². The molecular formula is C15H11FN4O. The molecule has 21 heavy (non-hydrogen) atoms. The van der Waals surface area contributed by atoms with Gasteiger partial charge in [-0.2, -0.15) is 10.4 Å². The van der Waals surface area contributed by atoms with Crippen LogP contribution in [0.1, 0.15) is 16.8 Å². The average Bonchev–Trinajstić information content (AvgIpc) is 2.85. The maximum atomic E-state index is 13.3. The second-order valence-corrected chi connectivity index (χ2v) is 4.77. The molecule has 6 heteroatoms. The van der Waals surface area contributed by atoms with E-state index in [0.29, 0.717) is 11.1 Å². The molecule has 104 valence electrons. The molecule has 0 aliphatic carbocycles. The molecule has 0 radical (unpaired) electrons. The lowest BCUT2D eigenvalue weighted by Gasteiger charge is -2.07. The molecule has 3 rings (SSSR count). The summed E-state index contributed by atoms with van der Waals surface area (Å²) in [6, 6.07) is 7.76. The highest BCUT2D eigenvalue weighted by Crippen LogP contribution is 2.10. The van der Waals surface area contributed by atoms with Crippen molar-refractivity contribution in [2.24, 2.45) is 0 Å². The summed E-state index contributed by atoms with van der Waals surface area (Å²) in [6.07, 6.45) is 3.32. The van der Waals surface area contributed by atoms with E-state index in [0.717, 1.165) is 5.69 Å². The average molecular weight is 282 g/mol. The highest BCUT2D eigenvalue weighted by atomic mass is 19.1. The van der Waals surface area contributed by atoms with Gasteiger partial charge >= 0.3 is 0 Å². The first-order chi connectivity index (χ1) is 10.1. The SMILES string of the molecule is Cc1cc2c(=O)n(Cc3ccc(F)c(C#N)c3)ccn2n1. The van der Waals surface area contributed by atoms with Crippen molar-refractivity contribution in [2.45, 2.75) is 13.5 Å².